The van der Waals surface area contributed by atoms with Crippen molar-refractivity contribution in [1.82, 2.24) is 0 Å². The molecule has 0 saturated carbocycles. The Hall–Kier alpha value is -2.46. The van der Waals surface area contributed by atoms with Crippen LogP contribution in [-0.2, 0) is 0 Å². The van der Waals surface area contributed by atoms with Gasteiger partial charge in [0, 0.05) is 38.4 Å². The minimum Gasteiger partial charge on any atom is -0.375 e. The van der Waals surface area contributed by atoms with Crippen molar-refractivity contribution in [3.05, 3.63) is 65.2 Å². The van der Waals surface area contributed by atoms with E-state index in [9.17, 15) is 4.79 Å². The van der Waals surface area contributed by atoms with Crippen LogP contribution in [0.4, 0.5) is 17.1 Å². The number of rotatable bonds is 4. The lowest BCUT2D eigenvalue weighted by atomic mass is 10.1. The molecule has 1 amide bonds. The highest BCUT2D eigenvalue weighted by atomic mass is 35.5. The number of benzene rings is 2. The van der Waals surface area contributed by atoms with Gasteiger partial charge in [-0.1, -0.05) is 29.8 Å². The van der Waals surface area contributed by atoms with Crippen LogP contribution in [0.15, 0.2) is 54.6 Å². The highest BCUT2D eigenvalue weighted by molar-refractivity contribution is 6.34. The molecule has 5 heteroatoms. The maximum atomic E-state index is 12.5. The molecule has 0 spiro atoms. The first-order chi connectivity index (χ1) is 11.6. The third-order valence-electron chi connectivity index (χ3n) is 4.00. The highest BCUT2D eigenvalue weighted by Crippen LogP contribution is 2.32. The summed E-state index contributed by atoms with van der Waals surface area (Å²) in [6.07, 6.45) is 4.28. The van der Waals surface area contributed by atoms with Gasteiger partial charge in [0.1, 0.15) is 0 Å². The second-order valence-electron chi connectivity index (χ2n) is 5.91. The summed E-state index contributed by atoms with van der Waals surface area (Å²) in [5.74, 6) is -0.147. The van der Waals surface area contributed by atoms with E-state index in [0.717, 1.165) is 24.5 Å². The van der Waals surface area contributed by atoms with Gasteiger partial charge < -0.3 is 15.1 Å². The molecule has 0 saturated heterocycles. The van der Waals surface area contributed by atoms with Crippen molar-refractivity contribution in [2.24, 2.45) is 0 Å². The largest absolute Gasteiger partial charge is 0.375 e. The standard InChI is InChI=1S/C19H20ClN3O/c1-22(2)18-16(20)6-5-7-17(18)21-19(24)14-8-10-15(11-9-14)23-12-3-4-13-23/h3-11H,12-13H2,1-2H3,(H,21,24). The van der Waals surface area contributed by atoms with Crippen molar-refractivity contribution >= 4 is 34.6 Å². The van der Waals surface area contributed by atoms with Crippen molar-refractivity contribution < 1.29 is 4.79 Å². The summed E-state index contributed by atoms with van der Waals surface area (Å²) in [5.41, 5.74) is 3.24. The Balaban J connectivity index is 1.77. The van der Waals surface area contributed by atoms with Gasteiger partial charge in [-0.3, -0.25) is 4.79 Å². The van der Waals surface area contributed by atoms with Gasteiger partial charge in [-0.25, -0.2) is 0 Å². The summed E-state index contributed by atoms with van der Waals surface area (Å²) < 4.78 is 0. The molecule has 124 valence electrons. The van der Waals surface area contributed by atoms with Crippen LogP contribution in [0.3, 0.4) is 0 Å². The van der Waals surface area contributed by atoms with E-state index in [1.807, 2.05) is 61.5 Å². The van der Waals surface area contributed by atoms with E-state index in [0.29, 0.717) is 16.3 Å². The van der Waals surface area contributed by atoms with E-state index in [1.165, 1.54) is 0 Å². The zero-order chi connectivity index (χ0) is 17.1. The maximum Gasteiger partial charge on any atom is 0.255 e. The van der Waals surface area contributed by atoms with Gasteiger partial charge in [0.05, 0.1) is 16.4 Å². The van der Waals surface area contributed by atoms with Gasteiger partial charge in [0.2, 0.25) is 0 Å². The average Bonchev–Trinajstić information content (AvgIpc) is 3.09. The third-order valence-corrected chi connectivity index (χ3v) is 4.30. The van der Waals surface area contributed by atoms with Gasteiger partial charge in [0.15, 0.2) is 0 Å². The Labute approximate surface area is 147 Å². The van der Waals surface area contributed by atoms with E-state index >= 15 is 0 Å². The molecule has 1 aliphatic heterocycles. The fourth-order valence-corrected chi connectivity index (χ4v) is 3.12. The second-order valence-corrected chi connectivity index (χ2v) is 6.32. The molecule has 0 radical (unpaired) electrons. The van der Waals surface area contributed by atoms with Crippen LogP contribution in [-0.4, -0.2) is 33.1 Å². The first-order valence-electron chi connectivity index (χ1n) is 7.83. The Morgan fingerprint density at radius 1 is 1.08 bits per heavy atom. The quantitative estimate of drug-likeness (QED) is 0.853. The molecule has 4 nitrogen and oxygen atoms in total. The fraction of sp³-hybridized carbons (Fsp3) is 0.211. The van der Waals surface area contributed by atoms with Crippen LogP contribution in [0.25, 0.3) is 0 Å². The molecule has 2 aromatic rings. The molecule has 2 aromatic carbocycles. The molecule has 3 rings (SSSR count). The van der Waals surface area contributed by atoms with Crippen molar-refractivity contribution in [3.63, 3.8) is 0 Å². The molecule has 0 aliphatic carbocycles. The molecule has 1 aliphatic rings. The number of nitrogens with one attached hydrogen (secondary N) is 1. The summed E-state index contributed by atoms with van der Waals surface area (Å²) in [6, 6.07) is 13.1. The molecule has 0 atom stereocenters. The minimum atomic E-state index is -0.147. The summed E-state index contributed by atoms with van der Waals surface area (Å²) in [4.78, 5) is 16.7. The normalized spacial score (nSPS) is 13.2. The Bertz CT molecular complexity index is 761. The smallest absolute Gasteiger partial charge is 0.255 e. The van der Waals surface area contributed by atoms with E-state index in [1.54, 1.807) is 0 Å². The molecule has 0 bridgehead atoms. The summed E-state index contributed by atoms with van der Waals surface area (Å²) in [7, 11) is 3.80. The number of halogens is 1. The molecule has 0 aromatic heterocycles. The maximum absolute atomic E-state index is 12.5. The Morgan fingerprint density at radius 2 is 1.75 bits per heavy atom. The van der Waals surface area contributed by atoms with E-state index in [4.69, 9.17) is 11.6 Å². The van der Waals surface area contributed by atoms with Crippen molar-refractivity contribution in [1.29, 1.82) is 0 Å². The molecule has 0 fully saturated rings. The van der Waals surface area contributed by atoms with Gasteiger partial charge in [-0.2, -0.15) is 0 Å². The van der Waals surface area contributed by atoms with Gasteiger partial charge >= 0.3 is 0 Å². The summed E-state index contributed by atoms with van der Waals surface area (Å²) in [6.45, 7) is 1.83. The Kier molecular flexibility index (Phi) is 4.76. The number of carbonyl (C=O) groups excluding carboxylic acids is 1. The number of carbonyl (C=O) groups is 1. The molecule has 24 heavy (non-hydrogen) atoms. The zero-order valence-corrected chi connectivity index (χ0v) is 14.5. The van der Waals surface area contributed by atoms with E-state index in [-0.39, 0.29) is 5.91 Å². The minimum absolute atomic E-state index is 0.147. The van der Waals surface area contributed by atoms with Crippen LogP contribution in [0, 0.1) is 0 Å². The summed E-state index contributed by atoms with van der Waals surface area (Å²) >= 11 is 6.24. The lowest BCUT2D eigenvalue weighted by molar-refractivity contribution is 0.102. The van der Waals surface area contributed by atoms with E-state index in [2.05, 4.69) is 22.4 Å². The van der Waals surface area contributed by atoms with Crippen molar-refractivity contribution in [2.75, 3.05) is 42.3 Å². The number of amides is 1. The van der Waals surface area contributed by atoms with Gasteiger partial charge in [-0.15, -0.1) is 0 Å². The van der Waals surface area contributed by atoms with Crippen molar-refractivity contribution in [2.45, 2.75) is 0 Å². The first-order valence-corrected chi connectivity index (χ1v) is 8.21. The van der Waals surface area contributed by atoms with Crippen LogP contribution in [0.2, 0.25) is 5.02 Å². The first kappa shape index (κ1) is 16.4. The number of hydrogen-bond acceptors (Lipinski definition) is 3. The molecule has 1 N–H and O–H groups in total. The number of anilines is 3. The number of hydrogen-bond donors (Lipinski definition) is 1. The predicted octanol–water partition coefficient (Wildman–Crippen LogP) is 4.03. The van der Waals surface area contributed by atoms with Gasteiger partial charge in [-0.05, 0) is 36.4 Å². The van der Waals surface area contributed by atoms with Crippen molar-refractivity contribution in [3.8, 4) is 0 Å². The topological polar surface area (TPSA) is 35.6 Å². The monoisotopic (exact) mass is 341 g/mol. The second kappa shape index (κ2) is 6.97. The lowest BCUT2D eigenvalue weighted by Crippen LogP contribution is -2.19. The molecular weight excluding hydrogens is 322 g/mol. The average molecular weight is 342 g/mol. The molecule has 0 unspecified atom stereocenters. The number of para-hydroxylation sites is 1. The lowest BCUT2D eigenvalue weighted by Gasteiger charge is -2.20. The van der Waals surface area contributed by atoms with Crippen LogP contribution < -0.4 is 15.1 Å². The molecule has 1 heterocycles. The SMILES string of the molecule is CN(C)c1c(Cl)cccc1NC(=O)c1ccc(N2CC=CC2)cc1. The third kappa shape index (κ3) is 3.39. The van der Waals surface area contributed by atoms with Crippen LogP contribution in [0.1, 0.15) is 10.4 Å². The van der Waals surface area contributed by atoms with E-state index < -0.39 is 0 Å². The Morgan fingerprint density at radius 3 is 2.38 bits per heavy atom. The highest BCUT2D eigenvalue weighted by Gasteiger charge is 2.14. The predicted molar refractivity (Wildman–Crippen MR) is 102 cm³/mol. The van der Waals surface area contributed by atoms with Gasteiger partial charge in [0.25, 0.3) is 5.91 Å². The summed E-state index contributed by atoms with van der Waals surface area (Å²) in [5, 5.41) is 3.55. The number of nitrogens with zero attached hydrogens (tertiary/aromatic N) is 2. The molecular formula is C19H20ClN3O. The van der Waals surface area contributed by atoms with Crippen LogP contribution >= 0.6 is 11.6 Å². The zero-order valence-electron chi connectivity index (χ0n) is 13.8. The fourth-order valence-electron chi connectivity index (χ4n) is 2.78. The van der Waals surface area contributed by atoms with Crippen LogP contribution in [0.5, 0.6) is 0 Å².